The van der Waals surface area contributed by atoms with Gasteiger partial charge in [-0.15, -0.1) is 11.6 Å². The fraction of sp³-hybridized carbons (Fsp3) is 0.500. The maximum atomic E-state index is 12.7. The second-order valence-electron chi connectivity index (χ2n) is 4.46. The predicted molar refractivity (Wildman–Crippen MR) is 78.0 cm³/mol. The van der Waals surface area contributed by atoms with Crippen molar-refractivity contribution >= 4 is 37.6 Å². The van der Waals surface area contributed by atoms with Crippen molar-refractivity contribution < 1.29 is 13.2 Å². The lowest BCUT2D eigenvalue weighted by atomic mass is 10.2. The third-order valence-corrected chi connectivity index (χ3v) is 6.38. The lowest BCUT2D eigenvalue weighted by molar-refractivity contribution is -0.0152. The Morgan fingerprint density at radius 3 is 2.79 bits per heavy atom. The van der Waals surface area contributed by atoms with Crippen molar-refractivity contribution in [3.8, 4) is 0 Å². The quantitative estimate of drug-likeness (QED) is 0.770. The fourth-order valence-corrected chi connectivity index (χ4v) is 4.80. The molecule has 1 aromatic rings. The van der Waals surface area contributed by atoms with Crippen molar-refractivity contribution in [2.45, 2.75) is 24.0 Å². The van der Waals surface area contributed by atoms with Crippen molar-refractivity contribution in [1.29, 1.82) is 0 Å². The van der Waals surface area contributed by atoms with Crippen molar-refractivity contribution in [2.24, 2.45) is 0 Å². The summed E-state index contributed by atoms with van der Waals surface area (Å²) in [6.07, 6.45) is -0.255. The van der Waals surface area contributed by atoms with E-state index >= 15 is 0 Å². The molecule has 0 aromatic heterocycles. The SMILES string of the molecule is CC1COC(CCl)CN1S(=O)(=O)c1ccccc1Br. The van der Waals surface area contributed by atoms with Crippen molar-refractivity contribution in [3.63, 3.8) is 0 Å². The number of benzene rings is 1. The van der Waals surface area contributed by atoms with E-state index in [0.717, 1.165) is 0 Å². The molecule has 19 heavy (non-hydrogen) atoms. The Bertz CT molecular complexity index is 552. The Morgan fingerprint density at radius 2 is 2.16 bits per heavy atom. The van der Waals surface area contributed by atoms with Gasteiger partial charge in [-0.2, -0.15) is 4.31 Å². The molecule has 0 spiro atoms. The summed E-state index contributed by atoms with van der Waals surface area (Å²) in [5.74, 6) is 0.286. The highest BCUT2D eigenvalue weighted by Crippen LogP contribution is 2.28. The molecule has 0 N–H and O–H groups in total. The summed E-state index contributed by atoms with van der Waals surface area (Å²) in [5, 5.41) is 0. The summed E-state index contributed by atoms with van der Waals surface area (Å²) in [7, 11) is -3.54. The molecule has 0 aliphatic carbocycles. The average molecular weight is 369 g/mol. The topological polar surface area (TPSA) is 46.6 Å². The van der Waals surface area contributed by atoms with E-state index in [1.54, 1.807) is 24.3 Å². The van der Waals surface area contributed by atoms with Gasteiger partial charge in [0.25, 0.3) is 0 Å². The molecule has 0 radical (unpaired) electrons. The molecule has 2 atom stereocenters. The van der Waals surface area contributed by atoms with Gasteiger partial charge in [0.15, 0.2) is 0 Å². The normalized spacial score (nSPS) is 25.4. The summed E-state index contributed by atoms with van der Waals surface area (Å²) in [6, 6.07) is 6.61. The van der Waals surface area contributed by atoms with Crippen molar-refractivity contribution in [3.05, 3.63) is 28.7 Å². The number of alkyl halides is 1. The van der Waals surface area contributed by atoms with Crippen LogP contribution in [0.25, 0.3) is 0 Å². The highest BCUT2D eigenvalue weighted by molar-refractivity contribution is 9.10. The van der Waals surface area contributed by atoms with Crippen LogP contribution >= 0.6 is 27.5 Å². The highest BCUT2D eigenvalue weighted by Gasteiger charge is 2.36. The second-order valence-corrected chi connectivity index (χ2v) is 7.49. The van der Waals surface area contributed by atoms with E-state index in [0.29, 0.717) is 11.1 Å². The molecule has 4 nitrogen and oxygen atoms in total. The zero-order valence-corrected chi connectivity index (χ0v) is 13.6. The van der Waals surface area contributed by atoms with Crippen LogP contribution in [-0.2, 0) is 14.8 Å². The van der Waals surface area contributed by atoms with Gasteiger partial charge in [0.2, 0.25) is 10.0 Å². The Hall–Kier alpha value is -0.140. The number of nitrogens with zero attached hydrogens (tertiary/aromatic N) is 1. The van der Waals surface area contributed by atoms with Gasteiger partial charge in [-0.25, -0.2) is 8.42 Å². The van der Waals surface area contributed by atoms with Crippen LogP contribution in [0.4, 0.5) is 0 Å². The van der Waals surface area contributed by atoms with E-state index in [-0.39, 0.29) is 29.5 Å². The number of hydrogen-bond donors (Lipinski definition) is 0. The number of rotatable bonds is 3. The molecule has 1 aromatic carbocycles. The second kappa shape index (κ2) is 6.10. The summed E-state index contributed by atoms with van der Waals surface area (Å²) < 4.78 is 32.9. The minimum Gasteiger partial charge on any atom is -0.374 e. The smallest absolute Gasteiger partial charge is 0.244 e. The van der Waals surface area contributed by atoms with E-state index in [4.69, 9.17) is 16.3 Å². The molecule has 1 aliphatic heterocycles. The van der Waals surface area contributed by atoms with Crippen LogP contribution in [0, 0.1) is 0 Å². The van der Waals surface area contributed by atoms with Gasteiger partial charge in [0, 0.05) is 22.9 Å². The van der Waals surface area contributed by atoms with Crippen LogP contribution in [0.5, 0.6) is 0 Å². The van der Waals surface area contributed by atoms with Gasteiger partial charge in [-0.1, -0.05) is 12.1 Å². The molecule has 7 heteroatoms. The highest BCUT2D eigenvalue weighted by atomic mass is 79.9. The largest absolute Gasteiger partial charge is 0.374 e. The van der Waals surface area contributed by atoms with Crippen LogP contribution in [-0.4, -0.2) is 43.9 Å². The Morgan fingerprint density at radius 1 is 1.47 bits per heavy atom. The summed E-state index contributed by atoms with van der Waals surface area (Å²) >= 11 is 9.05. The number of ether oxygens (including phenoxy) is 1. The number of hydrogen-bond acceptors (Lipinski definition) is 3. The van der Waals surface area contributed by atoms with Crippen LogP contribution in [0.15, 0.2) is 33.6 Å². The molecule has 0 bridgehead atoms. The van der Waals surface area contributed by atoms with Crippen molar-refractivity contribution in [1.82, 2.24) is 4.31 Å². The molecular weight excluding hydrogens is 354 g/mol. The van der Waals surface area contributed by atoms with Crippen LogP contribution < -0.4 is 0 Å². The Kier molecular flexibility index (Phi) is 4.89. The Labute approximate surface area is 126 Å². The minimum absolute atomic E-state index is 0.198. The van der Waals surface area contributed by atoms with E-state index in [2.05, 4.69) is 15.9 Å². The molecule has 0 amide bonds. The third-order valence-electron chi connectivity index (χ3n) is 3.04. The fourth-order valence-electron chi connectivity index (χ4n) is 2.00. The average Bonchev–Trinajstić information content (AvgIpc) is 2.39. The first-order valence-corrected chi connectivity index (χ1v) is 8.67. The molecule has 1 saturated heterocycles. The lowest BCUT2D eigenvalue weighted by Gasteiger charge is -2.36. The molecule has 0 saturated carbocycles. The van der Waals surface area contributed by atoms with E-state index in [1.165, 1.54) is 4.31 Å². The van der Waals surface area contributed by atoms with Gasteiger partial charge in [-0.05, 0) is 35.0 Å². The molecular formula is C12H15BrClNO3S. The first-order valence-electron chi connectivity index (χ1n) is 5.90. The summed E-state index contributed by atoms with van der Waals surface area (Å²) in [6.45, 7) is 2.48. The zero-order valence-electron chi connectivity index (χ0n) is 10.4. The number of morpholine rings is 1. The van der Waals surface area contributed by atoms with Gasteiger partial charge in [-0.3, -0.25) is 0 Å². The third kappa shape index (κ3) is 3.13. The Balaban J connectivity index is 2.36. The summed E-state index contributed by atoms with van der Waals surface area (Å²) in [5.41, 5.74) is 0. The van der Waals surface area contributed by atoms with Gasteiger partial charge in [0.1, 0.15) is 0 Å². The predicted octanol–water partition coefficient (Wildman–Crippen LogP) is 2.47. The van der Waals surface area contributed by atoms with Crippen molar-refractivity contribution in [2.75, 3.05) is 19.0 Å². The van der Waals surface area contributed by atoms with Gasteiger partial charge in [0.05, 0.1) is 17.6 Å². The number of halogens is 2. The first kappa shape index (κ1) is 15.3. The zero-order chi connectivity index (χ0) is 14.0. The van der Waals surface area contributed by atoms with E-state index in [1.807, 2.05) is 6.92 Å². The van der Waals surface area contributed by atoms with E-state index < -0.39 is 10.0 Å². The van der Waals surface area contributed by atoms with Crippen LogP contribution in [0.2, 0.25) is 0 Å². The summed E-state index contributed by atoms with van der Waals surface area (Å²) in [4.78, 5) is 0.275. The first-order chi connectivity index (χ1) is 8.96. The molecule has 106 valence electrons. The number of sulfonamides is 1. The van der Waals surface area contributed by atoms with Crippen LogP contribution in [0.1, 0.15) is 6.92 Å². The molecule has 1 heterocycles. The molecule has 1 aliphatic rings. The molecule has 1 fully saturated rings. The maximum absolute atomic E-state index is 12.7. The van der Waals surface area contributed by atoms with E-state index in [9.17, 15) is 8.42 Å². The monoisotopic (exact) mass is 367 g/mol. The maximum Gasteiger partial charge on any atom is 0.244 e. The molecule has 2 rings (SSSR count). The lowest BCUT2D eigenvalue weighted by Crippen LogP contribution is -2.51. The minimum atomic E-state index is -3.54. The molecule has 2 unspecified atom stereocenters. The standard InChI is InChI=1S/C12H15BrClNO3S/c1-9-8-18-10(6-14)7-15(9)19(16,17)12-5-3-2-4-11(12)13/h2-5,9-10H,6-8H2,1H3. The van der Waals surface area contributed by atoms with Crippen LogP contribution in [0.3, 0.4) is 0 Å². The van der Waals surface area contributed by atoms with Gasteiger partial charge < -0.3 is 4.74 Å². The van der Waals surface area contributed by atoms with Gasteiger partial charge >= 0.3 is 0 Å².